The molecule has 0 aliphatic carbocycles. The van der Waals surface area contributed by atoms with E-state index in [2.05, 4.69) is 47.5 Å². The second-order valence-electron chi connectivity index (χ2n) is 4.15. The van der Waals surface area contributed by atoms with Crippen LogP contribution in [0.1, 0.15) is 35.6 Å². The molecule has 0 bridgehead atoms. The first-order valence-electron chi connectivity index (χ1n) is 5.40. The number of ether oxygens (including phenoxy) is 1. The monoisotopic (exact) mass is 317 g/mol. The van der Waals surface area contributed by atoms with E-state index >= 15 is 0 Å². The Morgan fingerprint density at radius 3 is 2.60 bits per heavy atom. The number of hydrogen-bond donors (Lipinski definition) is 0. The van der Waals surface area contributed by atoms with Gasteiger partial charge in [-0.05, 0) is 72.4 Å². The lowest BCUT2D eigenvalue weighted by Crippen LogP contribution is -2.16. The Bertz CT molecular complexity index is 336. The molecule has 1 fully saturated rings. The third kappa shape index (κ3) is 2.50. The molecule has 0 N–H and O–H groups in total. The van der Waals surface area contributed by atoms with Gasteiger partial charge < -0.3 is 4.74 Å². The molecule has 2 rings (SSSR count). The Hall–Kier alpha value is -0.160. The zero-order valence-corrected chi connectivity index (χ0v) is 11.4. The molecule has 0 spiro atoms. The van der Waals surface area contributed by atoms with Crippen LogP contribution in [-0.4, -0.2) is 18.2 Å². The maximum atomic E-state index is 5.40. The first-order valence-corrected chi connectivity index (χ1v) is 6.47. The normalized spacial score (nSPS) is 18.1. The van der Waals surface area contributed by atoms with E-state index in [1.807, 2.05) is 0 Å². The Balaban J connectivity index is 2.33. The second-order valence-corrected chi connectivity index (χ2v) is 5.25. The van der Waals surface area contributed by atoms with Gasteiger partial charge in [0.05, 0.1) is 0 Å². The van der Waals surface area contributed by atoms with Crippen molar-refractivity contribution < 1.29 is 4.74 Å². The van der Waals surface area contributed by atoms with Crippen molar-refractivity contribution in [3.05, 3.63) is 26.6 Å². The topological polar surface area (TPSA) is 22.1 Å². The van der Waals surface area contributed by atoms with Crippen molar-refractivity contribution in [3.8, 4) is 0 Å². The van der Waals surface area contributed by atoms with Crippen molar-refractivity contribution in [2.75, 3.05) is 13.2 Å². The van der Waals surface area contributed by atoms with Crippen LogP contribution in [0.3, 0.4) is 0 Å². The summed E-state index contributed by atoms with van der Waals surface area (Å²) in [5.41, 5.74) is 4.05. The van der Waals surface area contributed by atoms with Crippen molar-refractivity contribution in [3.63, 3.8) is 0 Å². The molecule has 1 aliphatic heterocycles. The van der Waals surface area contributed by atoms with Gasteiger partial charge in [-0.3, -0.25) is 0 Å². The zero-order chi connectivity index (χ0) is 10.8. The second kappa shape index (κ2) is 4.78. The minimum Gasteiger partial charge on any atom is -0.381 e. The minimum absolute atomic E-state index is 0.656. The molecule has 2 nitrogen and oxygen atoms in total. The summed E-state index contributed by atoms with van der Waals surface area (Å²) < 4.78 is 6.50. The molecule has 15 heavy (non-hydrogen) atoms. The Morgan fingerprint density at radius 1 is 1.33 bits per heavy atom. The first kappa shape index (κ1) is 11.3. The van der Waals surface area contributed by atoms with Crippen molar-refractivity contribution in [1.29, 1.82) is 0 Å². The van der Waals surface area contributed by atoms with Crippen LogP contribution in [0, 0.1) is 17.5 Å². The van der Waals surface area contributed by atoms with Crippen LogP contribution in [0.5, 0.6) is 0 Å². The number of aromatic nitrogens is 1. The molecule has 1 aliphatic rings. The summed E-state index contributed by atoms with van der Waals surface area (Å²) >= 11 is 2.28. The van der Waals surface area contributed by atoms with Crippen LogP contribution < -0.4 is 0 Å². The van der Waals surface area contributed by atoms with Crippen molar-refractivity contribution in [1.82, 2.24) is 4.98 Å². The number of rotatable bonds is 1. The zero-order valence-electron chi connectivity index (χ0n) is 9.22. The van der Waals surface area contributed by atoms with E-state index in [4.69, 9.17) is 4.74 Å². The summed E-state index contributed by atoms with van der Waals surface area (Å²) in [6, 6.07) is 2.18. The Labute approximate surface area is 105 Å². The third-order valence-corrected chi connectivity index (χ3v) is 3.61. The van der Waals surface area contributed by atoms with Crippen LogP contribution in [0.4, 0.5) is 0 Å². The molecule has 1 aromatic rings. The molecule has 3 heteroatoms. The minimum atomic E-state index is 0.656. The molecular weight excluding hydrogens is 301 g/mol. The van der Waals surface area contributed by atoms with E-state index in [-0.39, 0.29) is 0 Å². The summed E-state index contributed by atoms with van der Waals surface area (Å²) in [7, 11) is 0. The maximum Gasteiger partial charge on any atom is 0.101 e. The van der Waals surface area contributed by atoms with E-state index in [1.54, 1.807) is 0 Å². The average molecular weight is 317 g/mol. The molecular formula is C12H16INO. The molecule has 1 aromatic heterocycles. The fraction of sp³-hybridized carbons (Fsp3) is 0.583. The average Bonchev–Trinajstić information content (AvgIpc) is 2.17. The fourth-order valence-electron chi connectivity index (χ4n) is 2.40. The Kier molecular flexibility index (Phi) is 3.61. The number of pyridine rings is 1. The summed E-state index contributed by atoms with van der Waals surface area (Å²) in [5, 5.41) is 0. The van der Waals surface area contributed by atoms with Gasteiger partial charge in [0.2, 0.25) is 0 Å². The highest BCUT2D eigenvalue weighted by Gasteiger charge is 2.20. The predicted octanol–water partition coefficient (Wildman–Crippen LogP) is 3.20. The predicted molar refractivity (Wildman–Crippen MR) is 69.2 cm³/mol. The van der Waals surface area contributed by atoms with Gasteiger partial charge in [0.1, 0.15) is 3.70 Å². The number of hydrogen-bond acceptors (Lipinski definition) is 2. The Morgan fingerprint density at radius 2 is 2.00 bits per heavy atom. The maximum absolute atomic E-state index is 5.40. The summed E-state index contributed by atoms with van der Waals surface area (Å²) in [4.78, 5) is 4.56. The molecule has 82 valence electrons. The summed E-state index contributed by atoms with van der Waals surface area (Å²) in [5.74, 6) is 0.656. The molecule has 0 radical (unpaired) electrons. The first-order chi connectivity index (χ1) is 7.18. The number of aryl methyl sites for hydroxylation is 2. The van der Waals surface area contributed by atoms with Crippen molar-refractivity contribution in [2.45, 2.75) is 32.6 Å². The number of halogens is 1. The van der Waals surface area contributed by atoms with Crippen LogP contribution in [0.25, 0.3) is 0 Å². The largest absolute Gasteiger partial charge is 0.381 e. The highest BCUT2D eigenvalue weighted by molar-refractivity contribution is 14.1. The van der Waals surface area contributed by atoms with Gasteiger partial charge >= 0.3 is 0 Å². The van der Waals surface area contributed by atoms with Crippen LogP contribution in [0.2, 0.25) is 0 Å². The lowest BCUT2D eigenvalue weighted by atomic mass is 9.88. The van der Waals surface area contributed by atoms with Gasteiger partial charge in [-0.25, -0.2) is 4.98 Å². The van der Waals surface area contributed by atoms with Crippen LogP contribution in [-0.2, 0) is 4.74 Å². The number of nitrogens with zero attached hydrogens (tertiary/aromatic N) is 1. The molecule has 2 heterocycles. The van der Waals surface area contributed by atoms with E-state index in [9.17, 15) is 0 Å². The SMILES string of the molecule is Cc1cc(I)nc(C)c1C1CCOCC1. The van der Waals surface area contributed by atoms with Gasteiger partial charge in [0.15, 0.2) is 0 Å². The third-order valence-electron chi connectivity index (χ3n) is 3.05. The van der Waals surface area contributed by atoms with Gasteiger partial charge in [0, 0.05) is 18.9 Å². The van der Waals surface area contributed by atoms with Crippen molar-refractivity contribution in [2.24, 2.45) is 0 Å². The van der Waals surface area contributed by atoms with Gasteiger partial charge in [-0.2, -0.15) is 0 Å². The van der Waals surface area contributed by atoms with E-state index < -0.39 is 0 Å². The van der Waals surface area contributed by atoms with Crippen molar-refractivity contribution >= 4 is 22.6 Å². The van der Waals surface area contributed by atoms with Gasteiger partial charge in [-0.1, -0.05) is 0 Å². The van der Waals surface area contributed by atoms with Gasteiger partial charge in [-0.15, -0.1) is 0 Å². The highest BCUT2D eigenvalue weighted by atomic mass is 127. The molecule has 0 amide bonds. The quantitative estimate of drug-likeness (QED) is 0.586. The standard InChI is InChI=1S/C12H16INO/c1-8-7-11(13)14-9(2)12(8)10-3-5-15-6-4-10/h7,10H,3-6H2,1-2H3. The molecule has 0 atom stereocenters. The van der Waals surface area contributed by atoms with Crippen LogP contribution in [0.15, 0.2) is 6.07 Å². The van der Waals surface area contributed by atoms with E-state index in [0.29, 0.717) is 5.92 Å². The van der Waals surface area contributed by atoms with E-state index in [1.165, 1.54) is 16.8 Å². The molecule has 0 aromatic carbocycles. The smallest absolute Gasteiger partial charge is 0.101 e. The molecule has 0 saturated carbocycles. The van der Waals surface area contributed by atoms with E-state index in [0.717, 1.165) is 29.8 Å². The lowest BCUT2D eigenvalue weighted by Gasteiger charge is -2.25. The fourth-order valence-corrected chi connectivity index (χ4v) is 3.23. The highest BCUT2D eigenvalue weighted by Crippen LogP contribution is 2.31. The lowest BCUT2D eigenvalue weighted by molar-refractivity contribution is 0.0850. The summed E-state index contributed by atoms with van der Waals surface area (Å²) in [6.07, 6.45) is 2.29. The van der Waals surface area contributed by atoms with Gasteiger partial charge in [0.25, 0.3) is 0 Å². The molecule has 1 saturated heterocycles. The summed E-state index contributed by atoms with van der Waals surface area (Å²) in [6.45, 7) is 6.12. The molecule has 0 unspecified atom stereocenters. The van der Waals surface area contributed by atoms with Crippen LogP contribution >= 0.6 is 22.6 Å².